The van der Waals surface area contributed by atoms with E-state index in [1.807, 2.05) is 0 Å². The van der Waals surface area contributed by atoms with E-state index in [2.05, 4.69) is 0 Å². The average molecular weight is 1170 g/mol. The second-order valence-corrected chi connectivity index (χ2v) is 20.1. The van der Waals surface area contributed by atoms with Crippen molar-refractivity contribution in [2.45, 2.75) is 214 Å². The van der Waals surface area contributed by atoms with Crippen LogP contribution in [0.5, 0.6) is 0 Å². The van der Waals surface area contributed by atoms with E-state index in [0.717, 1.165) is 0 Å². The van der Waals surface area contributed by atoms with Crippen molar-refractivity contribution in [3.05, 3.63) is 0 Å². The molecule has 12 bridgehead atoms. The largest absolute Gasteiger partial charge is 0.394 e. The first-order chi connectivity index (χ1) is 37.3. The molecule has 0 aliphatic carbocycles. The van der Waals surface area contributed by atoms with Crippen molar-refractivity contribution in [1.29, 1.82) is 0 Å². The summed E-state index contributed by atoms with van der Waals surface area (Å²) in [6.07, 6.45) is -70.9. The molecule has 0 aromatic rings. The molecule has 35 atom stereocenters. The van der Waals surface area contributed by atoms with Crippen LogP contribution in [0.4, 0.5) is 0 Å². The summed E-state index contributed by atoms with van der Waals surface area (Å²) in [6, 6.07) is 0. The lowest BCUT2D eigenvalue weighted by Crippen LogP contribution is -2.79. The molecular weight excluding hydrogens is 1090 g/mol. The van der Waals surface area contributed by atoms with Crippen molar-refractivity contribution in [3.63, 3.8) is 0 Å². The predicted molar refractivity (Wildman–Crippen MR) is 233 cm³/mol. The van der Waals surface area contributed by atoms with E-state index in [4.69, 9.17) is 72.0 Å². The standard InChI is InChI=1S/C42H71NO36/c43-41(64)34(63)15(51)8(1-44)78-42(41,65)79-33-26(62)40-71-14(7-50)32(33)77-39-25(61)20(56)30(12(5-48)70-39)75-37-23(59)18(54)28(10(3-46)68-37)73-35-21(57)16(52)27(9(2-45)66-35)72-36-22(58)17(53)29(11(4-47)67-36)74-38-24(60)19(55)31(76-40)13(6-49)69-38/h8-40,44-65H,1-7,43H2/t8?,9-,10-,11-,12-,13-,14-,15?,16-,17-,18-,19-,20-,21-,22-,23-,24-,25-,26-,27-,28-,29-,30-,31-,32+,33-,34?,35-,36-,37-,38-,39-,40-,41?,42?/m1/s1. The lowest BCUT2D eigenvalue weighted by atomic mass is 9.91. The fraction of sp³-hybridized carbons (Fsp3) is 1.00. The van der Waals surface area contributed by atoms with Crippen molar-refractivity contribution >= 4 is 0 Å². The lowest BCUT2D eigenvalue weighted by molar-refractivity contribution is -0.504. The highest BCUT2D eigenvalue weighted by molar-refractivity contribution is 5.05. The molecule has 0 spiro atoms. The Balaban J connectivity index is 1.16. The molecular formula is C42H71NO36. The van der Waals surface area contributed by atoms with Gasteiger partial charge in [0, 0.05) is 0 Å². The van der Waals surface area contributed by atoms with Gasteiger partial charge < -0.3 is 179 Å². The van der Waals surface area contributed by atoms with Crippen LogP contribution in [0.3, 0.4) is 0 Å². The summed E-state index contributed by atoms with van der Waals surface area (Å²) >= 11 is 0. The van der Waals surface area contributed by atoms with Crippen LogP contribution in [0, 0.1) is 0 Å². The Kier molecular flexibility index (Phi) is 20.6. The van der Waals surface area contributed by atoms with Gasteiger partial charge in [-0.1, -0.05) is 0 Å². The Morgan fingerprint density at radius 1 is 0.291 bits per heavy atom. The minimum atomic E-state index is -3.86. The van der Waals surface area contributed by atoms with E-state index in [1.165, 1.54) is 0 Å². The topological polar surface area (TPSA) is 600 Å². The molecule has 0 radical (unpaired) electrons. The third-order valence-corrected chi connectivity index (χ3v) is 15.1. The summed E-state index contributed by atoms with van der Waals surface area (Å²) < 4.78 is 79.6. The van der Waals surface area contributed by atoms with Gasteiger partial charge in [-0.15, -0.1) is 0 Å². The number of nitrogens with two attached hydrogens (primary N) is 1. The summed E-state index contributed by atoms with van der Waals surface area (Å²) in [6.45, 7) is -8.00. The van der Waals surface area contributed by atoms with Crippen molar-refractivity contribution in [1.82, 2.24) is 0 Å². The van der Waals surface area contributed by atoms with Gasteiger partial charge in [-0.05, 0) is 0 Å². The van der Waals surface area contributed by atoms with Crippen molar-refractivity contribution in [3.8, 4) is 0 Å². The SMILES string of the molecule is NC1(O)C(O)C(O)C(CO)OC1(O)O[C@@H]1[C@@H](O)[C@H]2O[C@H]3[C@H](O)[C@@H](O)[C@@H](O[C@H]4[C@H](O)[C@@H](O)[C@@H](O[C@H]5[C@H](O)[C@@H](O)[C@@H](O[C@H]6[C@H](O)[C@@H](O)[C@@H](O[C@H]7[C@H](O)[C@@H](O)[C@@H](O[C@H]1[C@@H](CO)O2)O[C@@H]7CO)O[C@@H]6CO)O[C@@H]5CO)O[C@@H]4CO)O[C@@H]3CO. The molecule has 37 heteroatoms. The normalized spacial score (nSPS) is 56.0. The Morgan fingerprint density at radius 2 is 0.519 bits per heavy atom. The Bertz CT molecular complexity index is 1930. The minimum absolute atomic E-state index is 1.05. The van der Waals surface area contributed by atoms with E-state index in [9.17, 15) is 112 Å². The molecule has 23 saturated heterocycles. The van der Waals surface area contributed by atoms with Crippen LogP contribution >= 0.6 is 0 Å². The molecule has 0 saturated carbocycles. The van der Waals surface area contributed by atoms with E-state index in [1.54, 1.807) is 0 Å². The molecule has 23 fully saturated rings. The predicted octanol–water partition coefficient (Wildman–Crippen LogP) is -16.6. The van der Waals surface area contributed by atoms with Gasteiger partial charge in [0.15, 0.2) is 37.7 Å². The van der Waals surface area contributed by atoms with Crippen LogP contribution in [0.15, 0.2) is 0 Å². The van der Waals surface area contributed by atoms with Crippen molar-refractivity contribution < 1.29 is 179 Å². The lowest BCUT2D eigenvalue weighted by Gasteiger charge is -2.54. The fourth-order valence-electron chi connectivity index (χ4n) is 10.5. The molecule has 79 heavy (non-hydrogen) atoms. The first-order valence-corrected chi connectivity index (χ1v) is 24.9. The zero-order valence-corrected chi connectivity index (χ0v) is 41.1. The minimum Gasteiger partial charge on any atom is -0.394 e. The number of ether oxygens (including phenoxy) is 14. The molecule has 23 heterocycles. The Morgan fingerprint density at radius 3 is 0.772 bits per heavy atom. The zero-order chi connectivity index (χ0) is 57.9. The molecule has 0 aromatic carbocycles. The number of rotatable bonds is 9. The van der Waals surface area contributed by atoms with Gasteiger partial charge in [0.25, 0.3) is 0 Å². The molecule has 23 aliphatic rings. The molecule has 24 N–H and O–H groups in total. The summed E-state index contributed by atoms with van der Waals surface area (Å²) in [7, 11) is 0. The highest BCUT2D eigenvalue weighted by Crippen LogP contribution is 2.42. The monoisotopic (exact) mass is 1170 g/mol. The van der Waals surface area contributed by atoms with Crippen LogP contribution in [0.2, 0.25) is 0 Å². The average Bonchev–Trinajstić information content (AvgIpc) is 3.60. The van der Waals surface area contributed by atoms with Gasteiger partial charge in [-0.3, -0.25) is 5.73 Å². The molecule has 460 valence electrons. The Hall–Kier alpha value is -1.48. The molecule has 37 nitrogen and oxygen atoms in total. The van der Waals surface area contributed by atoms with E-state index >= 15 is 0 Å². The van der Waals surface area contributed by atoms with Crippen LogP contribution in [-0.4, -0.2) is 373 Å². The first kappa shape index (κ1) is 63.5. The van der Waals surface area contributed by atoms with Crippen LogP contribution in [-0.2, 0) is 66.3 Å². The summed E-state index contributed by atoms with van der Waals surface area (Å²) in [5, 5.41) is 243. The molecule has 0 aromatic heterocycles. The maximum atomic E-state index is 12.1. The highest BCUT2D eigenvalue weighted by atomic mass is 16.9. The fourth-order valence-corrected chi connectivity index (χ4v) is 10.5. The second kappa shape index (κ2) is 25.6. The molecule has 5 unspecified atom stereocenters. The van der Waals surface area contributed by atoms with E-state index in [0.29, 0.717) is 0 Å². The number of aliphatic hydroxyl groups excluding tert-OH is 20. The maximum absolute atomic E-state index is 12.1. The number of hydrogen-bond donors (Lipinski definition) is 23. The summed E-state index contributed by atoms with van der Waals surface area (Å²) in [5.41, 5.74) is 2.21. The van der Waals surface area contributed by atoms with E-state index < -0.39 is 260 Å². The van der Waals surface area contributed by atoms with Crippen LogP contribution in [0.1, 0.15) is 0 Å². The maximum Gasteiger partial charge on any atom is 0.329 e. The molecule has 23 aliphatic heterocycles. The highest BCUT2D eigenvalue weighted by Gasteiger charge is 2.67. The summed E-state index contributed by atoms with van der Waals surface area (Å²) in [5.74, 6) is -3.86. The zero-order valence-electron chi connectivity index (χ0n) is 41.1. The molecule has 23 rings (SSSR count). The van der Waals surface area contributed by atoms with Gasteiger partial charge in [-0.2, -0.15) is 0 Å². The van der Waals surface area contributed by atoms with Gasteiger partial charge in [0.2, 0.25) is 5.72 Å². The van der Waals surface area contributed by atoms with E-state index in [-0.39, 0.29) is 0 Å². The van der Waals surface area contributed by atoms with Crippen LogP contribution < -0.4 is 5.73 Å². The summed E-state index contributed by atoms with van der Waals surface area (Å²) in [4.78, 5) is 0. The van der Waals surface area contributed by atoms with Crippen molar-refractivity contribution in [2.24, 2.45) is 5.73 Å². The first-order valence-electron chi connectivity index (χ1n) is 24.9. The smallest absolute Gasteiger partial charge is 0.329 e. The van der Waals surface area contributed by atoms with Gasteiger partial charge in [0.05, 0.1) is 46.2 Å². The van der Waals surface area contributed by atoms with Gasteiger partial charge in [-0.25, -0.2) is 0 Å². The van der Waals surface area contributed by atoms with Gasteiger partial charge in [0.1, 0.15) is 165 Å². The number of aliphatic hydroxyl groups is 22. The quantitative estimate of drug-likeness (QED) is 0.0953. The van der Waals surface area contributed by atoms with Crippen molar-refractivity contribution in [2.75, 3.05) is 46.2 Å². The van der Waals surface area contributed by atoms with Gasteiger partial charge >= 0.3 is 5.97 Å². The number of hydrogen-bond acceptors (Lipinski definition) is 37. The van der Waals surface area contributed by atoms with Crippen LogP contribution in [0.25, 0.3) is 0 Å². The molecule has 0 amide bonds. The third kappa shape index (κ3) is 11.8. The Labute approximate surface area is 444 Å². The second-order valence-electron chi connectivity index (χ2n) is 20.1. The third-order valence-electron chi connectivity index (χ3n) is 15.1.